The number of nitrogens with zero attached hydrogens (tertiary/aromatic N) is 1. The van der Waals surface area contributed by atoms with E-state index in [4.69, 9.17) is 11.6 Å². The third kappa shape index (κ3) is 3.66. The highest BCUT2D eigenvalue weighted by atomic mass is 35.5. The van der Waals surface area contributed by atoms with E-state index in [1.54, 1.807) is 0 Å². The summed E-state index contributed by atoms with van der Waals surface area (Å²) in [4.78, 5) is 16.2. The number of aromatic carboxylic acids is 1. The number of benzene rings is 1. The average molecular weight is 318 g/mol. The Morgan fingerprint density at radius 1 is 1.27 bits per heavy atom. The van der Waals surface area contributed by atoms with Gasteiger partial charge in [0.05, 0.1) is 17.0 Å². The largest absolute Gasteiger partial charge is 0.478 e. The molecule has 22 heavy (non-hydrogen) atoms. The molecule has 0 radical (unpaired) electrons. The van der Waals surface area contributed by atoms with E-state index in [0.29, 0.717) is 28.6 Å². The summed E-state index contributed by atoms with van der Waals surface area (Å²) in [5.41, 5.74) is 3.58. The first-order chi connectivity index (χ1) is 10.4. The van der Waals surface area contributed by atoms with Gasteiger partial charge in [0.15, 0.2) is 0 Å². The first-order valence-electron chi connectivity index (χ1n) is 7.44. The highest BCUT2D eigenvalue weighted by molar-refractivity contribution is 6.30. The van der Waals surface area contributed by atoms with Gasteiger partial charge in [0.1, 0.15) is 0 Å². The second-order valence-electron chi connectivity index (χ2n) is 5.75. The molecule has 0 amide bonds. The van der Waals surface area contributed by atoms with Crippen LogP contribution in [0.2, 0.25) is 5.02 Å². The Bertz CT molecular complexity index is 678. The minimum atomic E-state index is -0.900. The van der Waals surface area contributed by atoms with Crippen LogP contribution >= 0.6 is 11.6 Å². The lowest BCUT2D eigenvalue weighted by Gasteiger charge is -2.14. The fraction of sp³-hybridized carbons (Fsp3) is 0.333. The predicted molar refractivity (Wildman–Crippen MR) is 89.6 cm³/mol. The molecule has 0 bridgehead atoms. The Balaban J connectivity index is 2.61. The number of carboxylic acid groups (broad SMARTS) is 1. The Hall–Kier alpha value is -1.87. The van der Waals surface area contributed by atoms with Crippen LogP contribution in [0.3, 0.4) is 0 Å². The lowest BCUT2D eigenvalue weighted by atomic mass is 9.94. The molecule has 0 unspecified atom stereocenters. The molecular formula is C18H20ClNO2. The average Bonchev–Trinajstić information content (AvgIpc) is 2.46. The summed E-state index contributed by atoms with van der Waals surface area (Å²) < 4.78 is 0. The molecule has 1 heterocycles. The van der Waals surface area contributed by atoms with Crippen molar-refractivity contribution >= 4 is 17.6 Å². The van der Waals surface area contributed by atoms with Crippen molar-refractivity contribution in [2.75, 3.05) is 0 Å². The number of pyridine rings is 1. The van der Waals surface area contributed by atoms with Crippen molar-refractivity contribution < 1.29 is 9.90 Å². The van der Waals surface area contributed by atoms with Gasteiger partial charge < -0.3 is 5.11 Å². The highest BCUT2D eigenvalue weighted by Crippen LogP contribution is 2.26. The quantitative estimate of drug-likeness (QED) is 0.856. The molecule has 3 nitrogen and oxygen atoms in total. The van der Waals surface area contributed by atoms with Crippen LogP contribution in [0.15, 0.2) is 30.3 Å². The van der Waals surface area contributed by atoms with E-state index in [2.05, 4.69) is 18.8 Å². The second-order valence-corrected chi connectivity index (χ2v) is 6.19. The Morgan fingerprint density at radius 2 is 1.91 bits per heavy atom. The SMILES string of the molecule is CCc1nc(-c2ccc(Cl)cc2)cc(CC(C)C)c1C(=O)O. The van der Waals surface area contributed by atoms with E-state index in [0.717, 1.165) is 23.2 Å². The van der Waals surface area contributed by atoms with Gasteiger partial charge in [0.2, 0.25) is 0 Å². The van der Waals surface area contributed by atoms with E-state index in [9.17, 15) is 9.90 Å². The van der Waals surface area contributed by atoms with Crippen molar-refractivity contribution in [3.8, 4) is 11.3 Å². The maximum absolute atomic E-state index is 11.6. The van der Waals surface area contributed by atoms with Gasteiger partial charge in [-0.05, 0) is 42.5 Å². The monoisotopic (exact) mass is 317 g/mol. The molecule has 0 aliphatic carbocycles. The molecule has 0 saturated carbocycles. The zero-order valence-corrected chi connectivity index (χ0v) is 13.8. The molecule has 0 atom stereocenters. The molecule has 4 heteroatoms. The van der Waals surface area contributed by atoms with Crippen molar-refractivity contribution in [2.24, 2.45) is 5.92 Å². The first kappa shape index (κ1) is 16.5. The van der Waals surface area contributed by atoms with Crippen LogP contribution in [0.25, 0.3) is 11.3 Å². The number of aromatic nitrogens is 1. The number of rotatable bonds is 5. The van der Waals surface area contributed by atoms with E-state index in [1.165, 1.54) is 0 Å². The molecule has 2 aromatic rings. The van der Waals surface area contributed by atoms with Gasteiger partial charge in [-0.1, -0.05) is 44.5 Å². The van der Waals surface area contributed by atoms with Crippen LogP contribution in [0, 0.1) is 5.92 Å². The Labute approximate surface area is 136 Å². The highest BCUT2D eigenvalue weighted by Gasteiger charge is 2.19. The van der Waals surface area contributed by atoms with E-state index in [1.807, 2.05) is 37.3 Å². The summed E-state index contributed by atoms with van der Waals surface area (Å²) >= 11 is 5.93. The van der Waals surface area contributed by atoms with Crippen molar-refractivity contribution in [3.63, 3.8) is 0 Å². The van der Waals surface area contributed by atoms with Crippen LogP contribution in [0.1, 0.15) is 42.4 Å². The summed E-state index contributed by atoms with van der Waals surface area (Å²) in [6, 6.07) is 9.34. The van der Waals surface area contributed by atoms with Gasteiger partial charge in [-0.2, -0.15) is 0 Å². The summed E-state index contributed by atoms with van der Waals surface area (Å²) in [6.45, 7) is 6.10. The minimum Gasteiger partial charge on any atom is -0.478 e. The number of hydrogen-bond acceptors (Lipinski definition) is 2. The van der Waals surface area contributed by atoms with E-state index >= 15 is 0 Å². The third-order valence-electron chi connectivity index (χ3n) is 3.49. The van der Waals surface area contributed by atoms with Crippen molar-refractivity contribution in [2.45, 2.75) is 33.6 Å². The topological polar surface area (TPSA) is 50.2 Å². The zero-order chi connectivity index (χ0) is 16.3. The predicted octanol–water partition coefficient (Wildman–Crippen LogP) is 4.86. The molecule has 2 rings (SSSR count). The fourth-order valence-corrected chi connectivity index (χ4v) is 2.67. The number of carboxylic acids is 1. The maximum atomic E-state index is 11.6. The normalized spacial score (nSPS) is 11.0. The van der Waals surface area contributed by atoms with Crippen LogP contribution < -0.4 is 0 Å². The molecular weight excluding hydrogens is 298 g/mol. The third-order valence-corrected chi connectivity index (χ3v) is 3.74. The lowest BCUT2D eigenvalue weighted by molar-refractivity contribution is 0.0694. The van der Waals surface area contributed by atoms with Gasteiger partial charge in [-0.25, -0.2) is 4.79 Å². The lowest BCUT2D eigenvalue weighted by Crippen LogP contribution is -2.11. The molecule has 0 saturated heterocycles. The Morgan fingerprint density at radius 3 is 2.41 bits per heavy atom. The fourth-order valence-electron chi connectivity index (χ4n) is 2.54. The van der Waals surface area contributed by atoms with Gasteiger partial charge >= 0.3 is 5.97 Å². The van der Waals surface area contributed by atoms with Crippen LogP contribution in [0.4, 0.5) is 0 Å². The van der Waals surface area contributed by atoms with Crippen molar-refractivity contribution in [1.29, 1.82) is 0 Å². The van der Waals surface area contributed by atoms with Crippen molar-refractivity contribution in [3.05, 3.63) is 52.2 Å². The number of aryl methyl sites for hydroxylation is 1. The van der Waals surface area contributed by atoms with Gasteiger partial charge in [-0.3, -0.25) is 4.98 Å². The van der Waals surface area contributed by atoms with Crippen LogP contribution in [-0.4, -0.2) is 16.1 Å². The van der Waals surface area contributed by atoms with Gasteiger partial charge in [-0.15, -0.1) is 0 Å². The molecule has 116 valence electrons. The molecule has 0 aliphatic heterocycles. The number of carbonyl (C=O) groups is 1. The summed E-state index contributed by atoms with van der Waals surface area (Å²) in [6.07, 6.45) is 1.31. The molecule has 1 aromatic heterocycles. The second kappa shape index (κ2) is 6.93. The molecule has 1 N–H and O–H groups in total. The summed E-state index contributed by atoms with van der Waals surface area (Å²) in [5, 5.41) is 10.2. The molecule has 0 spiro atoms. The van der Waals surface area contributed by atoms with Crippen LogP contribution in [0.5, 0.6) is 0 Å². The van der Waals surface area contributed by atoms with E-state index < -0.39 is 5.97 Å². The summed E-state index contributed by atoms with van der Waals surface area (Å²) in [5.74, 6) is -0.522. The first-order valence-corrected chi connectivity index (χ1v) is 7.82. The van der Waals surface area contributed by atoms with E-state index in [-0.39, 0.29) is 0 Å². The Kier molecular flexibility index (Phi) is 5.19. The minimum absolute atomic E-state index is 0.355. The maximum Gasteiger partial charge on any atom is 0.337 e. The smallest absolute Gasteiger partial charge is 0.337 e. The summed E-state index contributed by atoms with van der Waals surface area (Å²) in [7, 11) is 0. The standard InChI is InChI=1S/C18H20ClNO2/c1-4-15-17(18(21)22)13(9-11(2)3)10-16(20-15)12-5-7-14(19)8-6-12/h5-8,10-11H,4,9H2,1-3H3,(H,21,22). The number of hydrogen-bond donors (Lipinski definition) is 1. The zero-order valence-electron chi connectivity index (χ0n) is 13.1. The van der Waals surface area contributed by atoms with Crippen molar-refractivity contribution in [1.82, 2.24) is 4.98 Å². The van der Waals surface area contributed by atoms with Gasteiger partial charge in [0.25, 0.3) is 0 Å². The molecule has 1 aromatic carbocycles. The van der Waals surface area contributed by atoms with Crippen LogP contribution in [-0.2, 0) is 12.8 Å². The van der Waals surface area contributed by atoms with Gasteiger partial charge in [0, 0.05) is 10.6 Å². The molecule has 0 fully saturated rings. The molecule has 0 aliphatic rings. The number of halogens is 1.